The second-order valence-corrected chi connectivity index (χ2v) is 5.34. The molecule has 2 aliphatic rings. The van der Waals surface area contributed by atoms with Gasteiger partial charge >= 0.3 is 0 Å². The predicted molar refractivity (Wildman–Crippen MR) is 65.4 cm³/mol. The fraction of sp³-hybridized carbons (Fsp3) is 0.923. The molecule has 92 valence electrons. The van der Waals surface area contributed by atoms with Crippen LogP contribution in [0.1, 0.15) is 32.6 Å². The smallest absolute Gasteiger partial charge is 0.140 e. The van der Waals surface area contributed by atoms with Crippen LogP contribution in [0.5, 0.6) is 0 Å². The first-order chi connectivity index (χ1) is 7.77. The molecule has 3 nitrogen and oxygen atoms in total. The van der Waals surface area contributed by atoms with E-state index in [1.807, 2.05) is 0 Å². The highest BCUT2D eigenvalue weighted by Crippen LogP contribution is 2.28. The lowest BCUT2D eigenvalue weighted by atomic mass is 9.92. The number of hydrogen-bond acceptors (Lipinski definition) is 3. The third kappa shape index (κ3) is 3.05. The molecule has 0 bridgehead atoms. The fourth-order valence-corrected chi connectivity index (χ4v) is 2.98. The van der Waals surface area contributed by atoms with Crippen molar-refractivity contribution in [3.8, 4) is 0 Å². The number of piperazine rings is 1. The summed E-state index contributed by atoms with van der Waals surface area (Å²) < 4.78 is 0. The topological polar surface area (TPSA) is 32.3 Å². The summed E-state index contributed by atoms with van der Waals surface area (Å²) in [6, 6.07) is 0. The van der Waals surface area contributed by atoms with Gasteiger partial charge in [-0.1, -0.05) is 19.8 Å². The molecular weight excluding hydrogens is 200 g/mol. The molecule has 2 rings (SSSR count). The molecule has 0 aromatic carbocycles. The Kier molecular flexibility index (Phi) is 4.36. The van der Waals surface area contributed by atoms with Gasteiger partial charge in [0.05, 0.1) is 0 Å². The molecule has 1 saturated carbocycles. The number of ketones is 1. The first kappa shape index (κ1) is 12.1. The van der Waals surface area contributed by atoms with Gasteiger partial charge in [-0.3, -0.25) is 4.79 Å². The number of carbonyl (C=O) groups is 1. The van der Waals surface area contributed by atoms with E-state index < -0.39 is 0 Å². The van der Waals surface area contributed by atoms with E-state index in [-0.39, 0.29) is 5.92 Å². The van der Waals surface area contributed by atoms with E-state index in [1.165, 1.54) is 12.8 Å². The highest BCUT2D eigenvalue weighted by atomic mass is 16.1. The molecular formula is C13H24N2O. The van der Waals surface area contributed by atoms with Crippen LogP contribution in [0, 0.1) is 11.8 Å². The Morgan fingerprint density at radius 2 is 1.94 bits per heavy atom. The van der Waals surface area contributed by atoms with E-state index in [2.05, 4.69) is 17.1 Å². The van der Waals surface area contributed by atoms with Gasteiger partial charge in [0.1, 0.15) is 5.78 Å². The third-order valence-electron chi connectivity index (χ3n) is 3.98. The highest BCUT2D eigenvalue weighted by Gasteiger charge is 2.27. The van der Waals surface area contributed by atoms with Crippen LogP contribution in [0.3, 0.4) is 0 Å². The van der Waals surface area contributed by atoms with E-state index in [1.54, 1.807) is 0 Å². The van der Waals surface area contributed by atoms with Crippen LogP contribution in [0.15, 0.2) is 0 Å². The average Bonchev–Trinajstić information content (AvgIpc) is 2.83. The van der Waals surface area contributed by atoms with Crippen molar-refractivity contribution < 1.29 is 4.79 Å². The quantitative estimate of drug-likeness (QED) is 0.781. The molecule has 0 spiro atoms. The van der Waals surface area contributed by atoms with Gasteiger partial charge in [0, 0.05) is 44.6 Å². The number of rotatable bonds is 4. The zero-order chi connectivity index (χ0) is 11.4. The summed E-state index contributed by atoms with van der Waals surface area (Å²) >= 11 is 0. The van der Waals surface area contributed by atoms with Crippen molar-refractivity contribution in [2.45, 2.75) is 32.6 Å². The molecule has 1 heterocycles. The van der Waals surface area contributed by atoms with Gasteiger partial charge in [0.2, 0.25) is 0 Å². The highest BCUT2D eigenvalue weighted by molar-refractivity contribution is 5.83. The van der Waals surface area contributed by atoms with Crippen LogP contribution in [-0.2, 0) is 4.79 Å². The molecule has 1 atom stereocenters. The number of Topliss-reactive ketones (excluding diaryl/α,β-unsaturated/α-hetero) is 1. The van der Waals surface area contributed by atoms with Gasteiger partial charge in [0.15, 0.2) is 0 Å². The largest absolute Gasteiger partial charge is 0.314 e. The normalized spacial score (nSPS) is 25.8. The van der Waals surface area contributed by atoms with Gasteiger partial charge in [-0.05, 0) is 12.8 Å². The SMILES string of the molecule is CC(CN1CCNCC1)C(=O)C1CCCC1. The van der Waals surface area contributed by atoms with Crippen molar-refractivity contribution in [1.82, 2.24) is 10.2 Å². The van der Waals surface area contributed by atoms with Gasteiger partial charge in [-0.2, -0.15) is 0 Å². The minimum Gasteiger partial charge on any atom is -0.314 e. The zero-order valence-corrected chi connectivity index (χ0v) is 10.4. The van der Waals surface area contributed by atoms with Crippen LogP contribution in [0.2, 0.25) is 0 Å². The first-order valence-corrected chi connectivity index (χ1v) is 6.74. The van der Waals surface area contributed by atoms with Crippen molar-refractivity contribution in [2.24, 2.45) is 11.8 Å². The van der Waals surface area contributed by atoms with Gasteiger partial charge < -0.3 is 10.2 Å². The number of carbonyl (C=O) groups excluding carboxylic acids is 1. The molecule has 3 heteroatoms. The molecule has 2 fully saturated rings. The Bertz CT molecular complexity index is 230. The lowest BCUT2D eigenvalue weighted by molar-refractivity contribution is -0.126. The van der Waals surface area contributed by atoms with Crippen molar-refractivity contribution in [3.05, 3.63) is 0 Å². The summed E-state index contributed by atoms with van der Waals surface area (Å²) in [5.41, 5.74) is 0. The Morgan fingerprint density at radius 1 is 1.31 bits per heavy atom. The first-order valence-electron chi connectivity index (χ1n) is 6.74. The van der Waals surface area contributed by atoms with Crippen molar-refractivity contribution in [2.75, 3.05) is 32.7 Å². The Labute approximate surface area is 98.6 Å². The second-order valence-electron chi connectivity index (χ2n) is 5.34. The summed E-state index contributed by atoms with van der Waals surface area (Å²) in [5, 5.41) is 3.35. The molecule has 1 unspecified atom stereocenters. The predicted octanol–water partition coefficient (Wildman–Crippen LogP) is 1.29. The van der Waals surface area contributed by atoms with Gasteiger partial charge in [-0.25, -0.2) is 0 Å². The van der Waals surface area contributed by atoms with Crippen molar-refractivity contribution >= 4 is 5.78 Å². The molecule has 1 aliphatic heterocycles. The van der Waals surface area contributed by atoms with Crippen molar-refractivity contribution in [1.29, 1.82) is 0 Å². The summed E-state index contributed by atoms with van der Waals surface area (Å²) in [7, 11) is 0. The number of nitrogens with zero attached hydrogens (tertiary/aromatic N) is 1. The van der Waals surface area contributed by atoms with E-state index in [9.17, 15) is 4.79 Å². The maximum absolute atomic E-state index is 12.2. The lowest BCUT2D eigenvalue weighted by Gasteiger charge is -2.29. The Morgan fingerprint density at radius 3 is 2.56 bits per heavy atom. The molecule has 0 aromatic rings. The maximum atomic E-state index is 12.2. The van der Waals surface area contributed by atoms with E-state index in [4.69, 9.17) is 0 Å². The number of hydrogen-bond donors (Lipinski definition) is 1. The van der Waals surface area contributed by atoms with Crippen LogP contribution in [0.25, 0.3) is 0 Å². The zero-order valence-electron chi connectivity index (χ0n) is 10.4. The van der Waals surface area contributed by atoms with Crippen LogP contribution < -0.4 is 5.32 Å². The molecule has 1 saturated heterocycles. The molecule has 0 amide bonds. The maximum Gasteiger partial charge on any atom is 0.140 e. The third-order valence-corrected chi connectivity index (χ3v) is 3.98. The summed E-state index contributed by atoms with van der Waals surface area (Å²) in [4.78, 5) is 14.6. The summed E-state index contributed by atoms with van der Waals surface area (Å²) in [5.74, 6) is 1.15. The fourth-order valence-electron chi connectivity index (χ4n) is 2.98. The summed E-state index contributed by atoms with van der Waals surface area (Å²) in [6.07, 6.45) is 4.81. The minimum absolute atomic E-state index is 0.237. The van der Waals surface area contributed by atoms with E-state index in [0.29, 0.717) is 11.7 Å². The van der Waals surface area contributed by atoms with E-state index in [0.717, 1.165) is 45.6 Å². The Balaban J connectivity index is 1.77. The summed E-state index contributed by atoms with van der Waals surface area (Å²) in [6.45, 7) is 7.43. The van der Waals surface area contributed by atoms with Crippen molar-refractivity contribution in [3.63, 3.8) is 0 Å². The minimum atomic E-state index is 0.237. The van der Waals surface area contributed by atoms with Gasteiger partial charge in [0.25, 0.3) is 0 Å². The monoisotopic (exact) mass is 224 g/mol. The van der Waals surface area contributed by atoms with Crippen LogP contribution >= 0.6 is 0 Å². The van der Waals surface area contributed by atoms with Gasteiger partial charge in [-0.15, -0.1) is 0 Å². The standard InChI is InChI=1S/C13H24N2O/c1-11(10-15-8-6-14-7-9-15)13(16)12-4-2-3-5-12/h11-12,14H,2-10H2,1H3. The Hall–Kier alpha value is -0.410. The van der Waals surface area contributed by atoms with Crippen LogP contribution in [0.4, 0.5) is 0 Å². The molecule has 1 aliphatic carbocycles. The second kappa shape index (κ2) is 5.78. The average molecular weight is 224 g/mol. The van der Waals surface area contributed by atoms with Crippen LogP contribution in [-0.4, -0.2) is 43.4 Å². The van der Waals surface area contributed by atoms with E-state index >= 15 is 0 Å². The molecule has 0 aromatic heterocycles. The lowest BCUT2D eigenvalue weighted by Crippen LogP contribution is -2.46. The molecule has 1 N–H and O–H groups in total. The number of nitrogens with one attached hydrogen (secondary N) is 1. The molecule has 0 radical (unpaired) electrons. The molecule has 16 heavy (non-hydrogen) atoms.